The summed E-state index contributed by atoms with van der Waals surface area (Å²) >= 11 is 0. The van der Waals surface area contributed by atoms with Crippen LogP contribution in [-0.4, -0.2) is 28.1 Å². The van der Waals surface area contributed by atoms with Crippen molar-refractivity contribution < 1.29 is 4.52 Å². The van der Waals surface area contributed by atoms with E-state index in [-0.39, 0.29) is 0 Å². The van der Waals surface area contributed by atoms with Crippen LogP contribution in [0.25, 0.3) is 0 Å². The Kier molecular flexibility index (Phi) is 4.17. The molecule has 0 unspecified atom stereocenters. The van der Waals surface area contributed by atoms with Crippen LogP contribution < -0.4 is 0 Å². The van der Waals surface area contributed by atoms with Gasteiger partial charge in [0.15, 0.2) is 5.82 Å². The minimum atomic E-state index is 0.305. The largest absolute Gasteiger partial charge is 0.339 e. The number of likely N-dealkylation sites (tertiary alicyclic amines) is 1. The van der Waals surface area contributed by atoms with Crippen molar-refractivity contribution in [3.63, 3.8) is 0 Å². The minimum Gasteiger partial charge on any atom is -0.339 e. The normalized spacial score (nSPS) is 20.6. The topological polar surface area (TPSA) is 42.2 Å². The van der Waals surface area contributed by atoms with E-state index >= 15 is 0 Å². The van der Waals surface area contributed by atoms with Gasteiger partial charge in [-0.05, 0) is 33.2 Å². The zero-order chi connectivity index (χ0) is 13.1. The summed E-state index contributed by atoms with van der Waals surface area (Å²) in [7, 11) is 0. The lowest BCUT2D eigenvalue weighted by molar-refractivity contribution is 0.265. The van der Waals surface area contributed by atoms with Crippen LogP contribution in [0.4, 0.5) is 0 Å². The smallest absolute Gasteiger partial charge is 0.229 e. The van der Waals surface area contributed by atoms with Crippen molar-refractivity contribution >= 4 is 0 Å². The molecule has 0 aliphatic carbocycles. The summed E-state index contributed by atoms with van der Waals surface area (Å²) in [5.74, 6) is 1.91. The van der Waals surface area contributed by atoms with Crippen LogP contribution in [0, 0.1) is 0 Å². The Morgan fingerprint density at radius 1 is 1.50 bits per heavy atom. The molecule has 0 N–H and O–H groups in total. The summed E-state index contributed by atoms with van der Waals surface area (Å²) < 4.78 is 5.31. The molecular weight excluding hydrogens is 226 g/mol. The zero-order valence-corrected chi connectivity index (χ0v) is 11.8. The van der Waals surface area contributed by atoms with Gasteiger partial charge in [-0.1, -0.05) is 30.7 Å². The molecule has 1 atom stereocenters. The van der Waals surface area contributed by atoms with Crippen molar-refractivity contribution in [1.29, 1.82) is 0 Å². The molecule has 2 rings (SSSR count). The van der Waals surface area contributed by atoms with Gasteiger partial charge in [0.05, 0.1) is 6.04 Å². The van der Waals surface area contributed by atoms with E-state index in [9.17, 15) is 0 Å². The Balaban J connectivity index is 2.08. The lowest BCUT2D eigenvalue weighted by Crippen LogP contribution is -2.24. The standard InChI is InChI=1S/C14H23N3O/c1-10(2)7-9-17-8-5-6-12(17)13-15-14(11(3)4)18-16-13/h7,11-12H,5-6,8-9H2,1-4H3/t12-/m1/s1. The van der Waals surface area contributed by atoms with E-state index in [1.165, 1.54) is 12.0 Å². The molecule has 100 valence electrons. The Morgan fingerprint density at radius 2 is 2.28 bits per heavy atom. The summed E-state index contributed by atoms with van der Waals surface area (Å²) in [4.78, 5) is 6.96. The predicted molar refractivity (Wildman–Crippen MR) is 71.4 cm³/mol. The van der Waals surface area contributed by atoms with E-state index in [0.717, 1.165) is 31.2 Å². The Labute approximate surface area is 109 Å². The molecular formula is C14H23N3O. The molecule has 4 nitrogen and oxygen atoms in total. The number of hydrogen-bond acceptors (Lipinski definition) is 4. The Morgan fingerprint density at radius 3 is 2.89 bits per heavy atom. The summed E-state index contributed by atoms with van der Waals surface area (Å²) in [6.07, 6.45) is 4.61. The zero-order valence-electron chi connectivity index (χ0n) is 11.8. The molecule has 0 aromatic carbocycles. The second kappa shape index (κ2) is 5.65. The number of nitrogens with zero attached hydrogens (tertiary/aromatic N) is 3. The van der Waals surface area contributed by atoms with Gasteiger partial charge in [0.25, 0.3) is 0 Å². The van der Waals surface area contributed by atoms with Gasteiger partial charge >= 0.3 is 0 Å². The fraction of sp³-hybridized carbons (Fsp3) is 0.714. The van der Waals surface area contributed by atoms with Crippen molar-refractivity contribution in [3.8, 4) is 0 Å². The first-order chi connectivity index (χ1) is 8.58. The van der Waals surface area contributed by atoms with Crippen molar-refractivity contribution in [3.05, 3.63) is 23.4 Å². The highest BCUT2D eigenvalue weighted by Gasteiger charge is 2.29. The average molecular weight is 249 g/mol. The summed E-state index contributed by atoms with van der Waals surface area (Å²) in [5.41, 5.74) is 1.36. The Bertz CT molecular complexity index is 418. The first kappa shape index (κ1) is 13.3. The highest BCUT2D eigenvalue weighted by molar-refractivity contribution is 5.03. The molecule has 18 heavy (non-hydrogen) atoms. The van der Waals surface area contributed by atoms with E-state index in [1.807, 2.05) is 0 Å². The number of aromatic nitrogens is 2. The van der Waals surface area contributed by atoms with Gasteiger partial charge < -0.3 is 4.52 Å². The first-order valence-electron chi connectivity index (χ1n) is 6.79. The third kappa shape index (κ3) is 2.99. The molecule has 4 heteroatoms. The molecule has 2 heterocycles. The summed E-state index contributed by atoms with van der Waals surface area (Å²) in [5, 5.41) is 4.15. The van der Waals surface area contributed by atoms with Crippen LogP contribution in [0.5, 0.6) is 0 Å². The molecule has 1 aliphatic heterocycles. The second-order valence-electron chi connectivity index (χ2n) is 5.58. The SMILES string of the molecule is CC(C)=CCN1CCC[C@@H]1c1noc(C(C)C)n1. The van der Waals surface area contributed by atoms with Gasteiger partial charge in [-0.15, -0.1) is 0 Å². The maximum Gasteiger partial charge on any atom is 0.229 e. The van der Waals surface area contributed by atoms with Gasteiger partial charge in [0.1, 0.15) is 0 Å². The van der Waals surface area contributed by atoms with Gasteiger partial charge in [-0.3, -0.25) is 4.90 Å². The molecule has 0 amide bonds. The fourth-order valence-corrected chi connectivity index (χ4v) is 2.25. The van der Waals surface area contributed by atoms with E-state index in [4.69, 9.17) is 4.52 Å². The summed E-state index contributed by atoms with van der Waals surface area (Å²) in [6.45, 7) is 10.5. The first-order valence-corrected chi connectivity index (χ1v) is 6.79. The van der Waals surface area contributed by atoms with Crippen LogP contribution in [0.1, 0.15) is 64.2 Å². The fourth-order valence-electron chi connectivity index (χ4n) is 2.25. The molecule has 1 fully saturated rings. The maximum absolute atomic E-state index is 5.31. The molecule has 0 bridgehead atoms. The third-order valence-corrected chi connectivity index (χ3v) is 3.35. The van der Waals surface area contributed by atoms with Gasteiger partial charge in [-0.2, -0.15) is 4.98 Å². The van der Waals surface area contributed by atoms with Crippen molar-refractivity contribution in [2.75, 3.05) is 13.1 Å². The molecule has 0 spiro atoms. The molecule has 1 aromatic heterocycles. The van der Waals surface area contributed by atoms with Crippen molar-refractivity contribution in [1.82, 2.24) is 15.0 Å². The Hall–Kier alpha value is -1.16. The minimum absolute atomic E-state index is 0.305. The maximum atomic E-state index is 5.31. The third-order valence-electron chi connectivity index (χ3n) is 3.35. The van der Waals surface area contributed by atoms with Gasteiger partial charge in [-0.25, -0.2) is 0 Å². The number of rotatable bonds is 4. The van der Waals surface area contributed by atoms with Crippen molar-refractivity contribution in [2.24, 2.45) is 0 Å². The number of hydrogen-bond donors (Lipinski definition) is 0. The van der Waals surface area contributed by atoms with E-state index in [1.54, 1.807) is 0 Å². The second-order valence-corrected chi connectivity index (χ2v) is 5.58. The monoisotopic (exact) mass is 249 g/mol. The highest BCUT2D eigenvalue weighted by Crippen LogP contribution is 2.30. The lowest BCUT2D eigenvalue weighted by Gasteiger charge is -2.20. The molecule has 1 aromatic rings. The van der Waals surface area contributed by atoms with E-state index in [2.05, 4.69) is 48.8 Å². The van der Waals surface area contributed by atoms with E-state index < -0.39 is 0 Å². The van der Waals surface area contributed by atoms with Crippen LogP contribution in [0.15, 0.2) is 16.2 Å². The molecule has 0 saturated carbocycles. The summed E-state index contributed by atoms with van der Waals surface area (Å²) in [6, 6.07) is 0.330. The van der Waals surface area contributed by atoms with Gasteiger partial charge in [0.2, 0.25) is 5.89 Å². The number of allylic oxidation sites excluding steroid dienone is 1. The quantitative estimate of drug-likeness (QED) is 0.768. The predicted octanol–water partition coefficient (Wildman–Crippen LogP) is 3.30. The average Bonchev–Trinajstić information content (AvgIpc) is 2.94. The molecule has 0 radical (unpaired) electrons. The molecule has 1 aliphatic rings. The van der Waals surface area contributed by atoms with Crippen LogP contribution >= 0.6 is 0 Å². The van der Waals surface area contributed by atoms with Crippen LogP contribution in [0.3, 0.4) is 0 Å². The van der Waals surface area contributed by atoms with E-state index in [0.29, 0.717) is 12.0 Å². The van der Waals surface area contributed by atoms with Crippen LogP contribution in [0.2, 0.25) is 0 Å². The van der Waals surface area contributed by atoms with Crippen molar-refractivity contribution in [2.45, 2.75) is 52.5 Å². The highest BCUT2D eigenvalue weighted by atomic mass is 16.5. The lowest BCUT2D eigenvalue weighted by atomic mass is 10.2. The van der Waals surface area contributed by atoms with Crippen LogP contribution in [-0.2, 0) is 0 Å². The molecule has 1 saturated heterocycles. The van der Waals surface area contributed by atoms with Gasteiger partial charge in [0, 0.05) is 12.5 Å².